The standard InChI is InChI=1S/C92H173N2O22P/c1-7-13-19-25-31-37-43-49-55-61-73(96)67-79(98)93-85-89(114-83(102)68-74(97)62-56-50-44-38-32-26-20-14-8-2)87(104)78(112-91(85)105)72-109-92-86(94-80(99)69-75(63-57-51-45-39-33-27-21-15-9-3)110-81(100)65-59-53-47-41-35-29-23-17-11-5)90(88(77(71-95)113-92)116-117(106,107)108)115-84(103)70-76(64-58-52-46-40-34-28-22-16-10-4)111-82(101)66-60-54-48-42-36-30-24-18-12-6/h73-78,85-92,95-97,104-105H,7-72H2,1-6H3,(H,93,98)(H,94,99)(H2,106,107,108)/t73-,74-,75-,76-,77?,78?,85?,86?,87-,88-,89-,90-,91?,92-/m1/s1. The van der Waals surface area contributed by atoms with Crippen LogP contribution in [0.15, 0.2) is 0 Å². The monoisotopic (exact) mass is 1690 g/mol. The smallest absolute Gasteiger partial charge is 0.462 e. The molecule has 0 aliphatic carbocycles. The van der Waals surface area contributed by atoms with E-state index in [1.165, 1.54) is 96.3 Å². The van der Waals surface area contributed by atoms with Crippen LogP contribution in [0.25, 0.3) is 0 Å². The number of nitrogens with one attached hydrogen (secondary N) is 2. The summed E-state index contributed by atoms with van der Waals surface area (Å²) in [4.78, 5) is 107. The van der Waals surface area contributed by atoms with Crippen LogP contribution in [-0.4, -0.2) is 170 Å². The second kappa shape index (κ2) is 73.0. The summed E-state index contributed by atoms with van der Waals surface area (Å²) in [6, 6.07) is -3.47. The third kappa shape index (κ3) is 57.6. The Morgan fingerprint density at radius 1 is 0.359 bits per heavy atom. The highest BCUT2D eigenvalue weighted by Crippen LogP contribution is 2.43. The van der Waals surface area contributed by atoms with Gasteiger partial charge in [0.05, 0.1) is 51.1 Å². The molecule has 2 amide bonds. The highest BCUT2D eigenvalue weighted by molar-refractivity contribution is 7.46. The molecule has 0 aromatic heterocycles. The summed E-state index contributed by atoms with van der Waals surface area (Å²) in [6.45, 7) is 11.2. The summed E-state index contributed by atoms with van der Waals surface area (Å²) in [6.07, 6.45) is 35.5. The van der Waals surface area contributed by atoms with E-state index in [1.54, 1.807) is 0 Å². The summed E-state index contributed by atoms with van der Waals surface area (Å²) in [5.74, 6) is -4.56. The van der Waals surface area contributed by atoms with Crippen LogP contribution >= 0.6 is 7.82 Å². The van der Waals surface area contributed by atoms with Gasteiger partial charge in [-0.3, -0.25) is 33.3 Å². The van der Waals surface area contributed by atoms with Crippen LogP contribution in [-0.2, 0) is 71.0 Å². The molecule has 0 bridgehead atoms. The molecule has 2 rings (SSSR count). The lowest BCUT2D eigenvalue weighted by Crippen LogP contribution is -2.68. The average Bonchev–Trinajstić information content (AvgIpc) is 0.779. The van der Waals surface area contributed by atoms with Crippen molar-refractivity contribution in [2.75, 3.05) is 13.2 Å². The van der Waals surface area contributed by atoms with Crippen molar-refractivity contribution in [3.63, 3.8) is 0 Å². The van der Waals surface area contributed by atoms with E-state index in [0.29, 0.717) is 51.4 Å². The lowest BCUT2D eigenvalue weighted by atomic mass is 9.95. The van der Waals surface area contributed by atoms with Gasteiger partial charge in [-0.2, -0.15) is 0 Å². The molecule has 5 unspecified atom stereocenters. The van der Waals surface area contributed by atoms with E-state index in [0.717, 1.165) is 212 Å². The molecule has 2 aliphatic rings. The summed E-state index contributed by atoms with van der Waals surface area (Å²) in [5.41, 5.74) is 0. The van der Waals surface area contributed by atoms with Crippen molar-refractivity contribution < 1.29 is 106 Å². The number of phosphoric acid groups is 1. The number of ether oxygens (including phenoxy) is 7. The van der Waals surface area contributed by atoms with Gasteiger partial charge in [-0.25, -0.2) is 4.57 Å². The molecule has 688 valence electrons. The molecule has 2 heterocycles. The van der Waals surface area contributed by atoms with Gasteiger partial charge in [0.2, 0.25) is 11.8 Å². The summed E-state index contributed by atoms with van der Waals surface area (Å²) in [7, 11) is -5.62. The van der Waals surface area contributed by atoms with Crippen molar-refractivity contribution in [1.29, 1.82) is 0 Å². The van der Waals surface area contributed by atoms with Crippen LogP contribution in [0.1, 0.15) is 452 Å². The van der Waals surface area contributed by atoms with Crippen molar-refractivity contribution in [2.24, 2.45) is 0 Å². The first-order valence-corrected chi connectivity index (χ1v) is 49.5. The van der Waals surface area contributed by atoms with Gasteiger partial charge < -0.3 is 79.1 Å². The Kier molecular flexibility index (Phi) is 68.4. The number of aliphatic hydroxyl groups excluding tert-OH is 5. The van der Waals surface area contributed by atoms with Gasteiger partial charge in [0, 0.05) is 12.8 Å². The Morgan fingerprint density at radius 3 is 1.05 bits per heavy atom. The minimum absolute atomic E-state index is 0.109. The molecule has 9 N–H and O–H groups in total. The van der Waals surface area contributed by atoms with E-state index in [2.05, 4.69) is 52.2 Å². The van der Waals surface area contributed by atoms with Gasteiger partial charge in [-0.1, -0.05) is 363 Å². The molecule has 2 fully saturated rings. The number of amides is 2. The number of hydrogen-bond donors (Lipinski definition) is 9. The second-order valence-electron chi connectivity index (χ2n) is 34.2. The molecule has 2 saturated heterocycles. The molecule has 14 atom stereocenters. The lowest BCUT2D eigenvalue weighted by Gasteiger charge is -2.46. The third-order valence-electron chi connectivity index (χ3n) is 23.1. The molecule has 0 spiro atoms. The molecule has 0 aromatic rings. The van der Waals surface area contributed by atoms with Crippen molar-refractivity contribution in [3.8, 4) is 0 Å². The minimum atomic E-state index is -5.62. The van der Waals surface area contributed by atoms with Gasteiger partial charge in [0.1, 0.15) is 48.7 Å². The van der Waals surface area contributed by atoms with E-state index in [1.807, 2.05) is 0 Å². The van der Waals surface area contributed by atoms with Crippen LogP contribution in [0.2, 0.25) is 0 Å². The number of unbranched alkanes of at least 4 members (excludes halogenated alkanes) is 48. The van der Waals surface area contributed by atoms with E-state index in [-0.39, 0.29) is 25.7 Å². The SMILES string of the molecule is CCCCCCCCCCCC(=O)O[C@H](CCCCCCCCCCC)CC(=O)NC1[C@H](OCC2OC(O)C(NC(=O)C[C@H](O)CCCCCCCCCCC)[C@@H](OC(=O)C[C@H](O)CCCCCCCCCCC)[C@@H]2O)OC(CO)[C@@H](OP(=O)(O)O)[C@@H]1OC(=O)C[C@@H](CCCCCCCCCCC)OC(=O)CCCCCCCCCCC. The molecule has 2 aliphatic heterocycles. The van der Waals surface area contributed by atoms with E-state index in [4.69, 9.17) is 37.7 Å². The summed E-state index contributed by atoms with van der Waals surface area (Å²) < 4.78 is 61.7. The van der Waals surface area contributed by atoms with Crippen LogP contribution in [0.5, 0.6) is 0 Å². The average molecular weight is 1690 g/mol. The summed E-state index contributed by atoms with van der Waals surface area (Å²) >= 11 is 0. The Hall–Kier alpha value is -3.39. The van der Waals surface area contributed by atoms with Gasteiger partial charge in [-0.15, -0.1) is 0 Å². The zero-order valence-electron chi connectivity index (χ0n) is 74.5. The molecule has 0 saturated carbocycles. The number of esters is 4. The maximum atomic E-state index is 15.1. The van der Waals surface area contributed by atoms with Crippen LogP contribution in [0.4, 0.5) is 0 Å². The predicted octanol–water partition coefficient (Wildman–Crippen LogP) is 19.7. The third-order valence-corrected chi connectivity index (χ3v) is 23.6. The number of aliphatic hydroxyl groups is 5. The minimum Gasteiger partial charge on any atom is -0.462 e. The number of carbonyl (C=O) groups is 6. The molecule has 117 heavy (non-hydrogen) atoms. The fourth-order valence-electron chi connectivity index (χ4n) is 16.0. The Morgan fingerprint density at radius 2 is 0.675 bits per heavy atom. The molecule has 0 aromatic carbocycles. The number of carbonyl (C=O) groups excluding carboxylic acids is 6. The first kappa shape index (κ1) is 110. The molecule has 0 radical (unpaired) electrons. The quantitative estimate of drug-likeness (QED) is 0.0118. The van der Waals surface area contributed by atoms with Crippen LogP contribution in [0, 0.1) is 0 Å². The van der Waals surface area contributed by atoms with Crippen molar-refractivity contribution in [3.05, 3.63) is 0 Å². The number of rotatable bonds is 80. The molecule has 25 heteroatoms. The normalized spacial score (nSPS) is 20.7. The highest BCUT2D eigenvalue weighted by Gasteiger charge is 2.54. The van der Waals surface area contributed by atoms with Crippen molar-refractivity contribution in [1.82, 2.24) is 10.6 Å². The van der Waals surface area contributed by atoms with Crippen LogP contribution < -0.4 is 10.6 Å². The topological polar surface area (TPSA) is 359 Å². The Bertz CT molecular complexity index is 2480. The van der Waals surface area contributed by atoms with E-state index < -0.39 is 168 Å². The number of hydrogen-bond acceptors (Lipinski definition) is 20. The van der Waals surface area contributed by atoms with Gasteiger partial charge in [0.15, 0.2) is 24.8 Å². The maximum Gasteiger partial charge on any atom is 0.470 e. The lowest BCUT2D eigenvalue weighted by molar-refractivity contribution is -0.298. The molecule has 24 nitrogen and oxygen atoms in total. The maximum absolute atomic E-state index is 15.1. The van der Waals surface area contributed by atoms with Crippen LogP contribution in [0.3, 0.4) is 0 Å². The number of phosphoric ester groups is 1. The molecular formula is C92H173N2O22P. The second-order valence-corrected chi connectivity index (χ2v) is 35.4. The first-order chi connectivity index (χ1) is 56.6. The first-order valence-electron chi connectivity index (χ1n) is 48.0. The van der Waals surface area contributed by atoms with Crippen molar-refractivity contribution >= 4 is 43.5 Å². The fourth-order valence-corrected chi connectivity index (χ4v) is 16.6. The largest absolute Gasteiger partial charge is 0.470 e. The highest BCUT2D eigenvalue weighted by atomic mass is 31.2. The van der Waals surface area contributed by atoms with Crippen molar-refractivity contribution in [2.45, 2.75) is 538 Å². The van der Waals surface area contributed by atoms with E-state index in [9.17, 15) is 63.9 Å². The fraction of sp³-hybridized carbons (Fsp3) is 0.935. The zero-order chi connectivity index (χ0) is 85.8. The predicted molar refractivity (Wildman–Crippen MR) is 460 cm³/mol. The molecular weight excluding hydrogens is 1520 g/mol. The summed E-state index contributed by atoms with van der Waals surface area (Å²) in [5, 5.41) is 63.2. The van der Waals surface area contributed by atoms with E-state index >= 15 is 4.79 Å². The zero-order valence-corrected chi connectivity index (χ0v) is 75.3. The van der Waals surface area contributed by atoms with Gasteiger partial charge in [-0.05, 0) is 51.4 Å². The van der Waals surface area contributed by atoms with Gasteiger partial charge >= 0.3 is 31.7 Å². The van der Waals surface area contributed by atoms with Gasteiger partial charge in [0.25, 0.3) is 0 Å². The Labute approximate surface area is 708 Å². The Balaban J connectivity index is 2.74.